The maximum atomic E-state index is 3.80. The number of piperazine rings is 1. The Morgan fingerprint density at radius 2 is 1.80 bits per heavy atom. The maximum Gasteiger partial charge on any atom is 0.0658 e. The highest BCUT2D eigenvalue weighted by Gasteiger charge is 2.37. The number of para-hydroxylation sites is 1. The van der Waals surface area contributed by atoms with Crippen molar-refractivity contribution in [2.24, 2.45) is 0 Å². The Labute approximate surface area is 139 Å². The molecule has 1 aliphatic heterocycles. The fourth-order valence-electron chi connectivity index (χ4n) is 3.07. The Morgan fingerprint density at radius 3 is 2.30 bits per heavy atom. The molecule has 1 heterocycles. The molecule has 1 atom stereocenters. The van der Waals surface area contributed by atoms with Gasteiger partial charge in [0.05, 0.1) is 5.69 Å². The first-order valence-corrected chi connectivity index (χ1v) is 9.11. The van der Waals surface area contributed by atoms with Crippen molar-refractivity contribution in [3.05, 3.63) is 27.1 Å². The quantitative estimate of drug-likeness (QED) is 0.764. The molecule has 4 heteroatoms. The number of anilines is 1. The van der Waals surface area contributed by atoms with Crippen LogP contribution in [0.4, 0.5) is 5.69 Å². The molecule has 0 amide bonds. The second-order valence-corrected chi connectivity index (χ2v) is 7.34. The van der Waals surface area contributed by atoms with E-state index in [1.807, 2.05) is 0 Å². The van der Waals surface area contributed by atoms with Crippen molar-refractivity contribution in [3.63, 3.8) is 0 Å². The van der Waals surface area contributed by atoms with E-state index < -0.39 is 0 Å². The van der Waals surface area contributed by atoms with Crippen LogP contribution in [-0.4, -0.2) is 24.7 Å². The van der Waals surface area contributed by atoms with Gasteiger partial charge in [-0.1, -0.05) is 26.8 Å². The predicted octanol–water partition coefficient (Wildman–Crippen LogP) is 4.96. The smallest absolute Gasteiger partial charge is 0.0658 e. The van der Waals surface area contributed by atoms with Gasteiger partial charge in [-0.3, -0.25) is 0 Å². The number of nitrogens with zero attached hydrogens (tertiary/aromatic N) is 1. The topological polar surface area (TPSA) is 15.3 Å². The molecule has 2 rings (SSSR count). The monoisotopic (exact) mass is 402 g/mol. The first-order valence-electron chi connectivity index (χ1n) is 7.52. The van der Waals surface area contributed by atoms with Gasteiger partial charge in [-0.15, -0.1) is 0 Å². The predicted molar refractivity (Wildman–Crippen MR) is 94.6 cm³/mol. The van der Waals surface area contributed by atoms with Crippen LogP contribution in [0.3, 0.4) is 0 Å². The lowest BCUT2D eigenvalue weighted by molar-refractivity contribution is 0.246. The van der Waals surface area contributed by atoms with E-state index in [2.05, 4.69) is 81.0 Å². The van der Waals surface area contributed by atoms with Crippen LogP contribution in [0.5, 0.6) is 0 Å². The normalized spacial score (nSPS) is 22.1. The van der Waals surface area contributed by atoms with Crippen LogP contribution in [-0.2, 0) is 0 Å². The molecule has 0 aromatic heterocycles. The average Bonchev–Trinajstić information content (AvgIpc) is 2.47. The number of rotatable bonds is 4. The Morgan fingerprint density at radius 1 is 1.20 bits per heavy atom. The first kappa shape index (κ1) is 16.3. The van der Waals surface area contributed by atoms with Gasteiger partial charge in [-0.25, -0.2) is 0 Å². The highest BCUT2D eigenvalue weighted by atomic mass is 79.9. The summed E-state index contributed by atoms with van der Waals surface area (Å²) in [4.78, 5) is 2.58. The highest BCUT2D eigenvalue weighted by molar-refractivity contribution is 9.11. The molecule has 112 valence electrons. The Balaban J connectivity index is 2.39. The van der Waals surface area contributed by atoms with Gasteiger partial charge in [-0.05, 0) is 63.3 Å². The molecule has 0 bridgehead atoms. The van der Waals surface area contributed by atoms with Gasteiger partial charge >= 0.3 is 0 Å². The van der Waals surface area contributed by atoms with E-state index >= 15 is 0 Å². The van der Waals surface area contributed by atoms with Gasteiger partial charge < -0.3 is 10.2 Å². The van der Waals surface area contributed by atoms with E-state index in [-0.39, 0.29) is 5.54 Å². The van der Waals surface area contributed by atoms with Crippen LogP contribution < -0.4 is 10.2 Å². The lowest BCUT2D eigenvalue weighted by atomic mass is 9.87. The summed E-state index contributed by atoms with van der Waals surface area (Å²) < 4.78 is 2.35. The van der Waals surface area contributed by atoms with Crippen LogP contribution in [0.15, 0.2) is 27.1 Å². The number of nitrogens with one attached hydrogen (secondary N) is 1. The van der Waals surface area contributed by atoms with Crippen LogP contribution in [0.1, 0.15) is 40.0 Å². The van der Waals surface area contributed by atoms with Crippen LogP contribution in [0.25, 0.3) is 0 Å². The SMILES string of the molecule is CCC1CNC(CC)(CC)CN1c1c(Br)cccc1Br. The third kappa shape index (κ3) is 3.07. The van der Waals surface area contributed by atoms with Crippen LogP contribution in [0, 0.1) is 0 Å². The van der Waals surface area contributed by atoms with Gasteiger partial charge in [-0.2, -0.15) is 0 Å². The summed E-state index contributed by atoms with van der Waals surface area (Å²) in [7, 11) is 0. The van der Waals surface area contributed by atoms with E-state index in [1.165, 1.54) is 27.5 Å². The van der Waals surface area contributed by atoms with Crippen molar-refractivity contribution >= 4 is 37.5 Å². The minimum absolute atomic E-state index is 0.236. The van der Waals surface area contributed by atoms with Gasteiger partial charge in [0.25, 0.3) is 0 Å². The van der Waals surface area contributed by atoms with E-state index in [0.29, 0.717) is 6.04 Å². The summed E-state index contributed by atoms with van der Waals surface area (Å²) in [6.45, 7) is 8.98. The fourth-order valence-corrected chi connectivity index (χ4v) is 4.52. The summed E-state index contributed by atoms with van der Waals surface area (Å²) in [6.07, 6.45) is 3.49. The molecule has 1 N–H and O–H groups in total. The van der Waals surface area contributed by atoms with Crippen LogP contribution in [0.2, 0.25) is 0 Å². The summed E-state index contributed by atoms with van der Waals surface area (Å²) in [5, 5.41) is 3.80. The van der Waals surface area contributed by atoms with Gasteiger partial charge in [0.15, 0.2) is 0 Å². The minimum Gasteiger partial charge on any atom is -0.364 e. The number of halogens is 2. The molecule has 1 unspecified atom stereocenters. The second kappa shape index (κ2) is 6.80. The Hall–Kier alpha value is -0.0600. The summed E-state index contributed by atoms with van der Waals surface area (Å²) in [5.41, 5.74) is 1.53. The average molecular weight is 404 g/mol. The maximum absolute atomic E-state index is 3.80. The zero-order valence-electron chi connectivity index (χ0n) is 12.5. The number of benzene rings is 1. The van der Waals surface area contributed by atoms with Gasteiger partial charge in [0.1, 0.15) is 0 Å². The van der Waals surface area contributed by atoms with E-state index in [0.717, 1.165) is 19.5 Å². The van der Waals surface area contributed by atoms with Crippen molar-refractivity contribution in [1.29, 1.82) is 0 Å². The van der Waals surface area contributed by atoms with E-state index in [4.69, 9.17) is 0 Å². The van der Waals surface area contributed by atoms with Crippen molar-refractivity contribution in [3.8, 4) is 0 Å². The van der Waals surface area contributed by atoms with E-state index in [9.17, 15) is 0 Å². The zero-order chi connectivity index (χ0) is 14.8. The van der Waals surface area contributed by atoms with Crippen molar-refractivity contribution in [2.45, 2.75) is 51.6 Å². The molecule has 1 fully saturated rings. The fraction of sp³-hybridized carbons (Fsp3) is 0.625. The van der Waals surface area contributed by atoms with Gasteiger partial charge in [0.2, 0.25) is 0 Å². The third-order valence-corrected chi connectivity index (χ3v) is 5.96. The summed E-state index contributed by atoms with van der Waals surface area (Å²) in [6, 6.07) is 6.90. The molecule has 1 aromatic rings. The minimum atomic E-state index is 0.236. The zero-order valence-corrected chi connectivity index (χ0v) is 15.7. The molecule has 1 aliphatic rings. The third-order valence-electron chi connectivity index (χ3n) is 4.68. The number of hydrogen-bond donors (Lipinski definition) is 1. The molecular weight excluding hydrogens is 380 g/mol. The second-order valence-electron chi connectivity index (χ2n) is 5.63. The van der Waals surface area contributed by atoms with Gasteiger partial charge in [0, 0.05) is 33.6 Å². The lowest BCUT2D eigenvalue weighted by Gasteiger charge is -2.49. The Kier molecular flexibility index (Phi) is 5.55. The van der Waals surface area contributed by atoms with Crippen molar-refractivity contribution in [1.82, 2.24) is 5.32 Å². The molecule has 1 aromatic carbocycles. The summed E-state index contributed by atoms with van der Waals surface area (Å²) >= 11 is 7.46. The molecular formula is C16H24Br2N2. The van der Waals surface area contributed by atoms with E-state index in [1.54, 1.807) is 0 Å². The van der Waals surface area contributed by atoms with Crippen LogP contribution >= 0.6 is 31.9 Å². The standard InChI is InChI=1S/C16H24Br2N2/c1-4-12-10-19-16(5-2,6-3)11-20(12)15-13(17)8-7-9-14(15)18/h7-9,12,19H,4-6,10-11H2,1-3H3. The molecule has 0 radical (unpaired) electrons. The molecule has 2 nitrogen and oxygen atoms in total. The largest absolute Gasteiger partial charge is 0.364 e. The molecule has 1 saturated heterocycles. The number of hydrogen-bond acceptors (Lipinski definition) is 2. The summed E-state index contributed by atoms with van der Waals surface area (Å²) in [5.74, 6) is 0. The van der Waals surface area contributed by atoms with Crippen molar-refractivity contribution in [2.75, 3.05) is 18.0 Å². The van der Waals surface area contributed by atoms with Crippen molar-refractivity contribution < 1.29 is 0 Å². The first-order chi connectivity index (χ1) is 9.56. The highest BCUT2D eigenvalue weighted by Crippen LogP contribution is 2.38. The molecule has 0 spiro atoms. The molecule has 0 aliphatic carbocycles. The molecule has 0 saturated carbocycles. The molecule has 20 heavy (non-hydrogen) atoms. The lowest BCUT2D eigenvalue weighted by Crippen LogP contribution is -2.64. The Bertz CT molecular complexity index is 438.